The maximum atomic E-state index is 10.9. The van der Waals surface area contributed by atoms with Gasteiger partial charge in [-0.15, -0.1) is 0 Å². The van der Waals surface area contributed by atoms with E-state index in [4.69, 9.17) is 15.4 Å². The van der Waals surface area contributed by atoms with Crippen LogP contribution in [0.25, 0.3) is 0 Å². The average molecular weight is 385 g/mol. The molecule has 1 aliphatic heterocycles. The van der Waals surface area contributed by atoms with Crippen molar-refractivity contribution in [3.05, 3.63) is 59.7 Å². The van der Waals surface area contributed by atoms with E-state index in [0.29, 0.717) is 0 Å². The van der Waals surface area contributed by atoms with Gasteiger partial charge in [-0.1, -0.05) is 36.4 Å². The highest BCUT2D eigenvalue weighted by Gasteiger charge is 2.19. The monoisotopic (exact) mass is 385 g/mol. The summed E-state index contributed by atoms with van der Waals surface area (Å²) in [7, 11) is -4.05. The molecule has 2 N–H and O–H groups in total. The predicted molar refractivity (Wildman–Crippen MR) is 101 cm³/mol. The van der Waals surface area contributed by atoms with Gasteiger partial charge in [-0.2, -0.15) is 10.5 Å². The van der Waals surface area contributed by atoms with Crippen LogP contribution in [-0.4, -0.2) is 18.1 Å². The smallest absolute Gasteiger partial charge is 0.355 e. The third kappa shape index (κ3) is 6.86. The van der Waals surface area contributed by atoms with E-state index in [2.05, 4.69) is 62.9 Å². The highest BCUT2D eigenvalue weighted by Crippen LogP contribution is 2.43. The molecule has 0 aromatic heterocycles. The molecule has 0 atom stereocenters. The zero-order valence-corrected chi connectivity index (χ0v) is 15.6. The second kappa shape index (κ2) is 10.5. The molecule has 0 unspecified atom stereocenters. The summed E-state index contributed by atoms with van der Waals surface area (Å²) < 4.78 is 19.6. The van der Waals surface area contributed by atoms with Crippen LogP contribution >= 0.6 is 7.82 Å². The van der Waals surface area contributed by atoms with Crippen LogP contribution in [0.1, 0.15) is 24.0 Å². The standard InChI is InChI=1S/C13H11N.C6H9N2O4P/c1-3-7-12-10(5-1)9-11-6-2-4-8-13(11)14-12;7-3-1-5-11-13(9,10)12-6-2-4-8/h1-8,14H,9H2;1-2,5-6H2,(H,9,10). The Balaban J connectivity index is 0.000000195. The average Bonchev–Trinajstić information content (AvgIpc) is 2.67. The minimum Gasteiger partial charge on any atom is -0.355 e. The molecule has 0 aliphatic carbocycles. The number of benzene rings is 2. The fourth-order valence-electron chi connectivity index (χ4n) is 2.39. The number of phosphoric acid groups is 1. The van der Waals surface area contributed by atoms with Crippen molar-refractivity contribution in [2.24, 2.45) is 0 Å². The minimum absolute atomic E-state index is 0.0200. The Kier molecular flexibility index (Phi) is 8.00. The van der Waals surface area contributed by atoms with Crippen molar-refractivity contribution in [1.29, 1.82) is 10.5 Å². The Bertz CT molecular complexity index is 778. The van der Waals surface area contributed by atoms with E-state index < -0.39 is 7.82 Å². The summed E-state index contributed by atoms with van der Waals surface area (Å²) in [4.78, 5) is 8.86. The van der Waals surface area contributed by atoms with E-state index in [9.17, 15) is 4.57 Å². The zero-order chi connectivity index (χ0) is 19.5. The first-order valence-corrected chi connectivity index (χ1v) is 9.84. The number of nitriles is 2. The molecule has 0 fully saturated rings. The summed E-state index contributed by atoms with van der Waals surface area (Å²) in [6.07, 6.45) is 1.08. The van der Waals surface area contributed by atoms with E-state index >= 15 is 0 Å². The number of anilines is 2. The van der Waals surface area contributed by atoms with Crippen molar-refractivity contribution in [2.75, 3.05) is 18.5 Å². The van der Waals surface area contributed by atoms with E-state index in [1.54, 1.807) is 12.1 Å². The molecule has 7 nitrogen and oxygen atoms in total. The van der Waals surface area contributed by atoms with Crippen LogP contribution in [0.5, 0.6) is 0 Å². The molecule has 3 rings (SSSR count). The second-order valence-corrected chi connectivity index (χ2v) is 7.02. The zero-order valence-electron chi connectivity index (χ0n) is 14.7. The SMILES string of the molecule is N#CCCOP(=O)(O)OCCC#N.c1ccc2c(c1)Cc1ccccc1N2. The minimum atomic E-state index is -4.05. The van der Waals surface area contributed by atoms with Crippen molar-refractivity contribution in [2.45, 2.75) is 19.3 Å². The Hall–Kier alpha value is -2.67. The predicted octanol–water partition coefficient (Wildman–Crippen LogP) is 4.28. The van der Waals surface area contributed by atoms with Gasteiger partial charge in [-0.25, -0.2) is 4.57 Å². The summed E-state index contributed by atoms with van der Waals surface area (Å²) in [5.41, 5.74) is 5.25. The Morgan fingerprint density at radius 3 is 1.81 bits per heavy atom. The molecule has 2 aromatic carbocycles. The number of nitrogens with one attached hydrogen (secondary N) is 1. The van der Waals surface area contributed by atoms with Gasteiger partial charge >= 0.3 is 7.82 Å². The lowest BCUT2D eigenvalue weighted by Crippen LogP contribution is -2.05. The number of rotatable bonds is 6. The highest BCUT2D eigenvalue weighted by atomic mass is 31.2. The van der Waals surface area contributed by atoms with Crippen molar-refractivity contribution in [3.63, 3.8) is 0 Å². The van der Waals surface area contributed by atoms with Gasteiger partial charge in [0.25, 0.3) is 0 Å². The number of hydrogen-bond acceptors (Lipinski definition) is 6. The van der Waals surface area contributed by atoms with Gasteiger partial charge in [-0.05, 0) is 23.3 Å². The molecule has 1 heterocycles. The fourth-order valence-corrected chi connectivity index (χ4v) is 3.11. The van der Waals surface area contributed by atoms with Crippen LogP contribution in [0.4, 0.5) is 11.4 Å². The van der Waals surface area contributed by atoms with Gasteiger partial charge in [0.2, 0.25) is 0 Å². The lowest BCUT2D eigenvalue weighted by atomic mass is 9.98. The van der Waals surface area contributed by atoms with Crippen LogP contribution in [0.2, 0.25) is 0 Å². The maximum Gasteiger partial charge on any atom is 0.472 e. The summed E-state index contributed by atoms with van der Waals surface area (Å²) in [5, 5.41) is 19.6. The first-order valence-electron chi connectivity index (χ1n) is 8.34. The first kappa shape index (κ1) is 20.6. The number of hydrogen-bond donors (Lipinski definition) is 2. The molecule has 8 heteroatoms. The maximum absolute atomic E-state index is 10.9. The molecule has 0 amide bonds. The Morgan fingerprint density at radius 1 is 0.926 bits per heavy atom. The Labute approximate surface area is 158 Å². The van der Waals surface area contributed by atoms with Crippen LogP contribution in [0.15, 0.2) is 48.5 Å². The molecular weight excluding hydrogens is 365 g/mol. The molecule has 2 aromatic rings. The number of para-hydroxylation sites is 2. The van der Waals surface area contributed by atoms with Crippen LogP contribution in [-0.2, 0) is 20.0 Å². The molecule has 1 aliphatic rings. The van der Waals surface area contributed by atoms with Crippen LogP contribution < -0.4 is 5.32 Å². The van der Waals surface area contributed by atoms with Gasteiger partial charge in [0, 0.05) is 17.8 Å². The van der Waals surface area contributed by atoms with E-state index in [1.165, 1.54) is 22.5 Å². The van der Waals surface area contributed by atoms with Crippen molar-refractivity contribution < 1.29 is 18.5 Å². The number of phosphoric ester groups is 1. The third-order valence-electron chi connectivity index (χ3n) is 3.62. The fraction of sp³-hybridized carbons (Fsp3) is 0.263. The lowest BCUT2D eigenvalue weighted by Gasteiger charge is -2.20. The van der Waals surface area contributed by atoms with E-state index in [-0.39, 0.29) is 26.1 Å². The van der Waals surface area contributed by atoms with Crippen molar-refractivity contribution >= 4 is 19.2 Å². The van der Waals surface area contributed by atoms with Crippen molar-refractivity contribution in [1.82, 2.24) is 0 Å². The third-order valence-corrected chi connectivity index (χ3v) is 4.64. The largest absolute Gasteiger partial charge is 0.472 e. The second-order valence-electron chi connectivity index (χ2n) is 5.57. The molecule has 0 radical (unpaired) electrons. The molecule has 0 saturated carbocycles. The van der Waals surface area contributed by atoms with E-state index in [0.717, 1.165) is 6.42 Å². The van der Waals surface area contributed by atoms with Crippen molar-refractivity contribution in [3.8, 4) is 12.1 Å². The van der Waals surface area contributed by atoms with E-state index in [1.807, 2.05) is 0 Å². The Morgan fingerprint density at radius 2 is 1.37 bits per heavy atom. The number of nitrogens with zero attached hydrogens (tertiary/aromatic N) is 2. The molecule has 140 valence electrons. The summed E-state index contributed by atoms with van der Waals surface area (Å²) in [6, 6.07) is 20.4. The molecular formula is C19H20N3O4P. The van der Waals surface area contributed by atoms with Gasteiger partial charge in [0.1, 0.15) is 0 Å². The summed E-state index contributed by atoms with van der Waals surface area (Å²) in [6.45, 7) is -0.312. The van der Waals surface area contributed by atoms with Gasteiger partial charge in [-0.3, -0.25) is 9.05 Å². The van der Waals surface area contributed by atoms with Crippen LogP contribution in [0, 0.1) is 22.7 Å². The molecule has 27 heavy (non-hydrogen) atoms. The molecule has 0 spiro atoms. The van der Waals surface area contributed by atoms with Gasteiger partial charge in [0.05, 0.1) is 38.2 Å². The quantitative estimate of drug-likeness (QED) is 0.480. The molecule has 0 saturated heterocycles. The number of fused-ring (bicyclic) bond motifs is 2. The van der Waals surface area contributed by atoms with Gasteiger partial charge < -0.3 is 10.2 Å². The van der Waals surface area contributed by atoms with Crippen LogP contribution in [0.3, 0.4) is 0 Å². The summed E-state index contributed by atoms with van der Waals surface area (Å²) >= 11 is 0. The normalized spacial score (nSPS) is 11.5. The first-order chi connectivity index (χ1) is 13.1. The van der Waals surface area contributed by atoms with Gasteiger partial charge in [0.15, 0.2) is 0 Å². The topological polar surface area (TPSA) is 115 Å². The summed E-state index contributed by atoms with van der Waals surface area (Å²) in [5.74, 6) is 0. The molecule has 0 bridgehead atoms. The highest BCUT2D eigenvalue weighted by molar-refractivity contribution is 7.47. The lowest BCUT2D eigenvalue weighted by molar-refractivity contribution is 0.154.